The van der Waals surface area contributed by atoms with Crippen molar-refractivity contribution in [1.82, 2.24) is 35.3 Å². The molecule has 0 amide bonds. The number of H-pyrrole nitrogens is 3. The molecular formula is C27H25FN8. The number of benzene rings is 2. The second-order valence-corrected chi connectivity index (χ2v) is 9.09. The highest BCUT2D eigenvalue weighted by atomic mass is 19.1. The zero-order valence-corrected chi connectivity index (χ0v) is 19.9. The zero-order chi connectivity index (χ0) is 24.6. The Balaban J connectivity index is 1.41. The van der Waals surface area contributed by atoms with Crippen LogP contribution in [-0.2, 0) is 0 Å². The van der Waals surface area contributed by atoms with Crippen LogP contribution in [0.1, 0.15) is 0 Å². The number of rotatable bonds is 7. The Hall–Kier alpha value is -4.50. The first kappa shape index (κ1) is 22.0. The van der Waals surface area contributed by atoms with Crippen LogP contribution in [0, 0.1) is 5.82 Å². The first-order valence-corrected chi connectivity index (χ1v) is 11.7. The molecule has 6 rings (SSSR count). The average molecular weight is 481 g/mol. The van der Waals surface area contributed by atoms with E-state index >= 15 is 0 Å². The molecule has 0 aliphatic carbocycles. The molecule has 4 aromatic heterocycles. The van der Waals surface area contributed by atoms with Gasteiger partial charge in [0.1, 0.15) is 5.82 Å². The minimum Gasteiger partial charge on any atom is -0.384 e. The van der Waals surface area contributed by atoms with Crippen molar-refractivity contribution < 1.29 is 4.39 Å². The monoisotopic (exact) mass is 480 g/mol. The van der Waals surface area contributed by atoms with Crippen LogP contribution in [0.15, 0.2) is 67.1 Å². The smallest absolute Gasteiger partial charge is 0.181 e. The Kier molecular flexibility index (Phi) is 5.46. The molecule has 2 aromatic carbocycles. The summed E-state index contributed by atoms with van der Waals surface area (Å²) >= 11 is 0. The van der Waals surface area contributed by atoms with Crippen LogP contribution in [0.25, 0.3) is 55.6 Å². The summed E-state index contributed by atoms with van der Waals surface area (Å²) in [5.74, 6) is -0.273. The molecule has 0 saturated heterocycles. The summed E-state index contributed by atoms with van der Waals surface area (Å²) in [6, 6.07) is 15.2. The van der Waals surface area contributed by atoms with Crippen LogP contribution in [0.4, 0.5) is 10.1 Å². The van der Waals surface area contributed by atoms with Gasteiger partial charge in [0.05, 0.1) is 17.6 Å². The predicted octanol–water partition coefficient (Wildman–Crippen LogP) is 5.28. The lowest BCUT2D eigenvalue weighted by Crippen LogP contribution is -2.20. The molecule has 0 bridgehead atoms. The zero-order valence-electron chi connectivity index (χ0n) is 19.9. The maximum atomic E-state index is 14.6. The third kappa shape index (κ3) is 4.09. The molecule has 0 aliphatic rings. The number of likely N-dealkylation sites (N-methyl/N-ethyl adjacent to an activating group) is 1. The van der Waals surface area contributed by atoms with Gasteiger partial charge in [0.2, 0.25) is 0 Å². The van der Waals surface area contributed by atoms with Gasteiger partial charge in [-0.15, -0.1) is 0 Å². The van der Waals surface area contributed by atoms with Gasteiger partial charge in [-0.05, 0) is 61.6 Å². The van der Waals surface area contributed by atoms with Gasteiger partial charge in [0, 0.05) is 58.6 Å². The first-order valence-electron chi connectivity index (χ1n) is 11.7. The number of nitrogens with zero attached hydrogens (tertiary/aromatic N) is 4. The van der Waals surface area contributed by atoms with E-state index < -0.39 is 0 Å². The van der Waals surface area contributed by atoms with Crippen LogP contribution in [0.5, 0.6) is 0 Å². The van der Waals surface area contributed by atoms with Gasteiger partial charge in [0.25, 0.3) is 0 Å². The molecule has 0 atom stereocenters. The average Bonchev–Trinajstić information content (AvgIpc) is 3.62. The van der Waals surface area contributed by atoms with Gasteiger partial charge < -0.3 is 15.2 Å². The van der Waals surface area contributed by atoms with Crippen LogP contribution >= 0.6 is 0 Å². The standard InChI is InChI=1S/C27H25FN8/c1-36(2)7-6-29-20-9-16(8-19(28)11-20)21-4-3-5-24-22(21)12-25(33-24)26-23-10-17(18-14-31-32-15-18)13-30-27(23)35-34-26/h3-5,8-15,29,33H,6-7H2,1-2H3,(H,31,32)(H,30,34,35). The quantitative estimate of drug-likeness (QED) is 0.249. The van der Waals surface area contributed by atoms with Crippen molar-refractivity contribution >= 4 is 27.6 Å². The molecule has 0 spiro atoms. The maximum absolute atomic E-state index is 14.6. The number of halogens is 1. The lowest BCUT2D eigenvalue weighted by Gasteiger charge is -2.13. The Morgan fingerprint density at radius 3 is 2.72 bits per heavy atom. The van der Waals surface area contributed by atoms with Crippen LogP contribution in [-0.4, -0.2) is 62.4 Å². The topological polar surface area (TPSA) is 101 Å². The number of hydrogen-bond donors (Lipinski definition) is 4. The molecule has 4 heterocycles. The van der Waals surface area contributed by atoms with Crippen molar-refractivity contribution in [2.75, 3.05) is 32.5 Å². The Morgan fingerprint density at radius 2 is 1.89 bits per heavy atom. The fraction of sp³-hybridized carbons (Fsp3) is 0.148. The molecule has 9 heteroatoms. The van der Waals surface area contributed by atoms with Gasteiger partial charge >= 0.3 is 0 Å². The number of aromatic amines is 3. The van der Waals surface area contributed by atoms with Gasteiger partial charge in [-0.2, -0.15) is 10.2 Å². The van der Waals surface area contributed by atoms with Crippen molar-refractivity contribution in [3.63, 3.8) is 0 Å². The van der Waals surface area contributed by atoms with E-state index in [2.05, 4.69) is 52.7 Å². The molecule has 0 radical (unpaired) electrons. The summed E-state index contributed by atoms with van der Waals surface area (Å²) in [5.41, 5.74) is 7.74. The van der Waals surface area contributed by atoms with E-state index in [0.29, 0.717) is 5.65 Å². The Bertz CT molecular complexity index is 1660. The summed E-state index contributed by atoms with van der Waals surface area (Å²) in [5, 5.41) is 19.6. The van der Waals surface area contributed by atoms with Crippen molar-refractivity contribution in [2.45, 2.75) is 0 Å². The van der Waals surface area contributed by atoms with Crippen LogP contribution in [0.2, 0.25) is 0 Å². The normalized spacial score (nSPS) is 11.7. The molecule has 180 valence electrons. The minimum atomic E-state index is -0.273. The molecule has 0 fully saturated rings. The molecule has 0 saturated carbocycles. The molecule has 0 unspecified atom stereocenters. The highest BCUT2D eigenvalue weighted by Crippen LogP contribution is 2.35. The fourth-order valence-electron chi connectivity index (χ4n) is 4.48. The van der Waals surface area contributed by atoms with Gasteiger partial charge in [-0.25, -0.2) is 9.37 Å². The first-order chi connectivity index (χ1) is 17.5. The third-order valence-corrected chi connectivity index (χ3v) is 6.27. The minimum absolute atomic E-state index is 0.273. The van der Waals surface area contributed by atoms with E-state index in [1.165, 1.54) is 6.07 Å². The summed E-state index contributed by atoms with van der Waals surface area (Å²) in [6.45, 7) is 1.59. The summed E-state index contributed by atoms with van der Waals surface area (Å²) in [4.78, 5) is 10.1. The van der Waals surface area contributed by atoms with Crippen molar-refractivity contribution in [3.8, 4) is 33.6 Å². The van der Waals surface area contributed by atoms with E-state index in [0.717, 1.165) is 68.7 Å². The molecule has 6 aromatic rings. The van der Waals surface area contributed by atoms with Gasteiger partial charge in [-0.1, -0.05) is 12.1 Å². The highest BCUT2D eigenvalue weighted by molar-refractivity contribution is 6.01. The molecular weight excluding hydrogens is 455 g/mol. The second kappa shape index (κ2) is 8.94. The molecule has 36 heavy (non-hydrogen) atoms. The Morgan fingerprint density at radius 1 is 0.972 bits per heavy atom. The Labute approximate surface area is 206 Å². The van der Waals surface area contributed by atoms with Gasteiger partial charge in [0.15, 0.2) is 5.65 Å². The summed E-state index contributed by atoms with van der Waals surface area (Å²) in [7, 11) is 4.03. The van der Waals surface area contributed by atoms with E-state index in [-0.39, 0.29) is 5.82 Å². The number of hydrogen-bond acceptors (Lipinski definition) is 5. The predicted molar refractivity (Wildman–Crippen MR) is 141 cm³/mol. The maximum Gasteiger partial charge on any atom is 0.181 e. The lowest BCUT2D eigenvalue weighted by atomic mass is 10.0. The third-order valence-electron chi connectivity index (χ3n) is 6.27. The lowest BCUT2D eigenvalue weighted by molar-refractivity contribution is 0.425. The largest absolute Gasteiger partial charge is 0.384 e. The van der Waals surface area contributed by atoms with Crippen molar-refractivity contribution in [3.05, 3.63) is 72.9 Å². The summed E-state index contributed by atoms with van der Waals surface area (Å²) < 4.78 is 14.6. The van der Waals surface area contributed by atoms with Crippen LogP contribution in [0.3, 0.4) is 0 Å². The van der Waals surface area contributed by atoms with E-state index in [1.807, 2.05) is 44.6 Å². The number of nitrogens with one attached hydrogen (secondary N) is 4. The van der Waals surface area contributed by atoms with Crippen molar-refractivity contribution in [2.24, 2.45) is 0 Å². The summed E-state index contributed by atoms with van der Waals surface area (Å²) in [6.07, 6.45) is 5.39. The molecule has 8 nitrogen and oxygen atoms in total. The number of fused-ring (bicyclic) bond motifs is 2. The van der Waals surface area contributed by atoms with Crippen molar-refractivity contribution in [1.29, 1.82) is 0 Å². The second-order valence-electron chi connectivity index (χ2n) is 9.09. The number of aromatic nitrogens is 6. The highest BCUT2D eigenvalue weighted by Gasteiger charge is 2.15. The van der Waals surface area contributed by atoms with Crippen LogP contribution < -0.4 is 5.32 Å². The van der Waals surface area contributed by atoms with E-state index in [9.17, 15) is 4.39 Å². The fourth-order valence-corrected chi connectivity index (χ4v) is 4.48. The molecule has 0 aliphatic heterocycles. The van der Waals surface area contributed by atoms with E-state index in [4.69, 9.17) is 0 Å². The SMILES string of the molecule is CN(C)CCNc1cc(F)cc(-c2cccc3[nH]c(-c4[nH]nc5ncc(-c6cn[nH]c6)cc45)cc23)c1. The number of pyridine rings is 1. The van der Waals surface area contributed by atoms with E-state index in [1.54, 1.807) is 18.5 Å². The number of anilines is 1. The molecule has 4 N–H and O–H groups in total. The van der Waals surface area contributed by atoms with Gasteiger partial charge in [-0.3, -0.25) is 10.2 Å².